The summed E-state index contributed by atoms with van der Waals surface area (Å²) in [4.78, 5) is 12.6. The first kappa shape index (κ1) is 22.3. The monoisotopic (exact) mass is 484 g/mol. The van der Waals surface area contributed by atoms with Crippen molar-refractivity contribution in [1.82, 2.24) is 10.2 Å². The number of nitrogens with zero attached hydrogens (tertiary/aromatic N) is 2. The highest BCUT2D eigenvalue weighted by Gasteiger charge is 2.20. The standard InChI is InChI=1S/C23H17ClN2O4S2/c24-19-10-12-20(13-11-19)32(28,29)15-22-25-26-23(30-22)31-14-21(27)18-8-6-17(7-9-18)16-4-2-1-3-5-16/h1-13H,14-15H2. The second-order valence-corrected chi connectivity index (χ2v) is 10.2. The van der Waals surface area contributed by atoms with Crippen LogP contribution in [0.3, 0.4) is 0 Å². The fourth-order valence-corrected chi connectivity index (χ4v) is 4.89. The smallest absolute Gasteiger partial charge is 0.277 e. The van der Waals surface area contributed by atoms with Crippen LogP contribution in [0.1, 0.15) is 16.2 Å². The minimum absolute atomic E-state index is 0.0397. The molecule has 1 aromatic heterocycles. The molecule has 0 atom stereocenters. The predicted molar refractivity (Wildman–Crippen MR) is 124 cm³/mol. The third kappa shape index (κ3) is 5.45. The molecular weight excluding hydrogens is 468 g/mol. The van der Waals surface area contributed by atoms with Gasteiger partial charge < -0.3 is 4.42 Å². The Bertz CT molecular complexity index is 1320. The van der Waals surface area contributed by atoms with E-state index in [-0.39, 0.29) is 27.5 Å². The Morgan fingerprint density at radius 3 is 2.22 bits per heavy atom. The van der Waals surface area contributed by atoms with E-state index in [1.807, 2.05) is 42.5 Å². The molecule has 6 nitrogen and oxygen atoms in total. The van der Waals surface area contributed by atoms with Gasteiger partial charge in [-0.2, -0.15) is 0 Å². The first-order chi connectivity index (χ1) is 15.4. The lowest BCUT2D eigenvalue weighted by molar-refractivity contribution is 0.102. The number of halogens is 1. The van der Waals surface area contributed by atoms with Crippen LogP contribution in [-0.4, -0.2) is 30.2 Å². The Morgan fingerprint density at radius 2 is 1.53 bits per heavy atom. The molecule has 9 heteroatoms. The Kier molecular flexibility index (Phi) is 6.74. The molecule has 4 rings (SSSR count). The van der Waals surface area contributed by atoms with Crippen molar-refractivity contribution in [2.24, 2.45) is 0 Å². The molecule has 0 aliphatic heterocycles. The van der Waals surface area contributed by atoms with Crippen LogP contribution < -0.4 is 0 Å². The van der Waals surface area contributed by atoms with E-state index in [4.69, 9.17) is 16.0 Å². The van der Waals surface area contributed by atoms with Gasteiger partial charge >= 0.3 is 0 Å². The van der Waals surface area contributed by atoms with Gasteiger partial charge in [-0.25, -0.2) is 8.42 Å². The largest absolute Gasteiger partial charge is 0.415 e. The molecule has 4 aromatic rings. The SMILES string of the molecule is O=C(CSc1nnc(CS(=O)(=O)c2ccc(Cl)cc2)o1)c1ccc(-c2ccccc2)cc1. The van der Waals surface area contributed by atoms with Crippen molar-refractivity contribution >= 4 is 39.0 Å². The number of ketones is 1. The van der Waals surface area contributed by atoms with Crippen LogP contribution in [-0.2, 0) is 15.6 Å². The molecular formula is C23H17ClN2O4S2. The van der Waals surface area contributed by atoms with Gasteiger partial charge in [0.1, 0.15) is 5.75 Å². The van der Waals surface area contributed by atoms with Crippen LogP contribution in [0.15, 0.2) is 93.4 Å². The lowest BCUT2D eigenvalue weighted by Gasteiger charge is -2.03. The quantitative estimate of drug-likeness (QED) is 0.246. The molecule has 32 heavy (non-hydrogen) atoms. The molecule has 0 aliphatic carbocycles. The molecule has 0 unspecified atom stereocenters. The molecule has 0 N–H and O–H groups in total. The zero-order valence-electron chi connectivity index (χ0n) is 16.6. The molecule has 0 aliphatic rings. The third-order valence-electron chi connectivity index (χ3n) is 4.58. The highest BCUT2D eigenvalue weighted by molar-refractivity contribution is 7.99. The summed E-state index contributed by atoms with van der Waals surface area (Å²) in [6.07, 6.45) is 0. The second-order valence-electron chi connectivity index (χ2n) is 6.83. The maximum Gasteiger partial charge on any atom is 0.277 e. The minimum atomic E-state index is -3.65. The van der Waals surface area contributed by atoms with Gasteiger partial charge in [0.25, 0.3) is 5.22 Å². The number of carbonyl (C=O) groups excluding carboxylic acids is 1. The van der Waals surface area contributed by atoms with E-state index in [1.165, 1.54) is 24.3 Å². The maximum absolute atomic E-state index is 12.5. The number of hydrogen-bond donors (Lipinski definition) is 0. The average Bonchev–Trinajstić information content (AvgIpc) is 3.25. The first-order valence-corrected chi connectivity index (χ1v) is 12.5. The van der Waals surface area contributed by atoms with E-state index >= 15 is 0 Å². The Hall–Kier alpha value is -2.94. The van der Waals surface area contributed by atoms with E-state index in [0.717, 1.165) is 22.9 Å². The topological polar surface area (TPSA) is 90.1 Å². The van der Waals surface area contributed by atoms with Crippen molar-refractivity contribution in [3.8, 4) is 11.1 Å². The zero-order valence-corrected chi connectivity index (χ0v) is 19.0. The molecule has 0 fully saturated rings. The Labute approximate surface area is 194 Å². The number of Topliss-reactive ketones (excluding diaryl/α,β-unsaturated/α-hetero) is 1. The van der Waals surface area contributed by atoms with Gasteiger partial charge in [0, 0.05) is 10.6 Å². The number of aromatic nitrogens is 2. The average molecular weight is 485 g/mol. The van der Waals surface area contributed by atoms with Gasteiger partial charge in [-0.3, -0.25) is 4.79 Å². The van der Waals surface area contributed by atoms with Crippen LogP contribution in [0, 0.1) is 0 Å². The predicted octanol–water partition coefficient (Wildman–Crippen LogP) is 5.34. The van der Waals surface area contributed by atoms with Crippen molar-refractivity contribution in [3.05, 3.63) is 95.3 Å². The van der Waals surface area contributed by atoms with E-state index in [9.17, 15) is 13.2 Å². The summed E-state index contributed by atoms with van der Waals surface area (Å²) in [5.74, 6) is -0.474. The van der Waals surface area contributed by atoms with Gasteiger partial charge in [0.2, 0.25) is 5.89 Å². The van der Waals surface area contributed by atoms with Gasteiger partial charge in [0.15, 0.2) is 15.6 Å². The minimum Gasteiger partial charge on any atom is -0.415 e. The summed E-state index contributed by atoms with van der Waals surface area (Å²) in [5, 5.41) is 8.21. The third-order valence-corrected chi connectivity index (χ3v) is 7.26. The lowest BCUT2D eigenvalue weighted by Crippen LogP contribution is -2.05. The molecule has 1 heterocycles. The van der Waals surface area contributed by atoms with Gasteiger partial charge in [-0.1, -0.05) is 78.0 Å². The molecule has 0 spiro atoms. The van der Waals surface area contributed by atoms with Crippen molar-refractivity contribution < 1.29 is 17.6 Å². The molecule has 3 aromatic carbocycles. The molecule has 0 amide bonds. The molecule has 0 saturated carbocycles. The van der Waals surface area contributed by atoms with Crippen LogP contribution in [0.25, 0.3) is 11.1 Å². The summed E-state index contributed by atoms with van der Waals surface area (Å²) in [6, 6.07) is 23.1. The van der Waals surface area contributed by atoms with E-state index in [2.05, 4.69) is 10.2 Å². The Balaban J connectivity index is 1.35. The summed E-state index contributed by atoms with van der Waals surface area (Å²) >= 11 is 6.87. The lowest BCUT2D eigenvalue weighted by atomic mass is 10.0. The summed E-state index contributed by atoms with van der Waals surface area (Å²) < 4.78 is 30.4. The van der Waals surface area contributed by atoms with Crippen molar-refractivity contribution in [1.29, 1.82) is 0 Å². The zero-order chi connectivity index (χ0) is 22.6. The number of hydrogen-bond acceptors (Lipinski definition) is 7. The number of carbonyl (C=O) groups is 1. The molecule has 0 bridgehead atoms. The normalized spacial score (nSPS) is 11.4. The highest BCUT2D eigenvalue weighted by atomic mass is 35.5. The first-order valence-electron chi connectivity index (χ1n) is 9.53. The van der Waals surface area contributed by atoms with Crippen LogP contribution in [0.5, 0.6) is 0 Å². The van der Waals surface area contributed by atoms with Crippen molar-refractivity contribution in [3.63, 3.8) is 0 Å². The number of sulfone groups is 1. The van der Waals surface area contributed by atoms with E-state index in [0.29, 0.717) is 10.6 Å². The number of thioether (sulfide) groups is 1. The van der Waals surface area contributed by atoms with Crippen LogP contribution >= 0.6 is 23.4 Å². The van der Waals surface area contributed by atoms with Crippen molar-refractivity contribution in [2.45, 2.75) is 15.9 Å². The van der Waals surface area contributed by atoms with Crippen LogP contribution in [0.2, 0.25) is 5.02 Å². The van der Waals surface area contributed by atoms with Gasteiger partial charge in [-0.05, 0) is 35.4 Å². The second kappa shape index (κ2) is 9.68. The maximum atomic E-state index is 12.5. The van der Waals surface area contributed by atoms with Crippen molar-refractivity contribution in [2.75, 3.05) is 5.75 Å². The van der Waals surface area contributed by atoms with E-state index < -0.39 is 15.6 Å². The highest BCUT2D eigenvalue weighted by Crippen LogP contribution is 2.23. The van der Waals surface area contributed by atoms with E-state index in [1.54, 1.807) is 12.1 Å². The fraction of sp³-hybridized carbons (Fsp3) is 0.0870. The van der Waals surface area contributed by atoms with Gasteiger partial charge in [0.05, 0.1) is 10.6 Å². The number of rotatable bonds is 8. The fourth-order valence-electron chi connectivity index (χ4n) is 2.93. The van der Waals surface area contributed by atoms with Crippen LogP contribution in [0.4, 0.5) is 0 Å². The van der Waals surface area contributed by atoms with Gasteiger partial charge in [-0.15, -0.1) is 10.2 Å². The summed E-state index contributed by atoms with van der Waals surface area (Å²) in [5.41, 5.74) is 2.67. The molecule has 162 valence electrons. The number of benzene rings is 3. The summed E-state index contributed by atoms with van der Waals surface area (Å²) in [7, 11) is -3.65. The molecule has 0 saturated heterocycles. The molecule has 0 radical (unpaired) electrons. The summed E-state index contributed by atoms with van der Waals surface area (Å²) in [6.45, 7) is 0. The Morgan fingerprint density at radius 1 is 0.875 bits per heavy atom.